The maximum atomic E-state index is 12.8. The van der Waals surface area contributed by atoms with Gasteiger partial charge in [-0.25, -0.2) is 17.8 Å². The van der Waals surface area contributed by atoms with Crippen LogP contribution in [-0.4, -0.2) is 61.1 Å². The lowest BCUT2D eigenvalue weighted by atomic mass is 9.98. The lowest BCUT2D eigenvalue weighted by Gasteiger charge is -2.26. The molecular weight excluding hydrogens is 488 g/mol. The third-order valence-electron chi connectivity index (χ3n) is 6.00. The van der Waals surface area contributed by atoms with Crippen molar-refractivity contribution in [3.8, 4) is 0 Å². The van der Waals surface area contributed by atoms with E-state index in [2.05, 4.69) is 26.1 Å². The minimum Gasteiger partial charge on any atom is -0.341 e. The molecule has 0 atom stereocenters. The number of rotatable bonds is 6. The van der Waals surface area contributed by atoms with Gasteiger partial charge in [0.1, 0.15) is 10.0 Å². The Hall–Kier alpha value is -3.22. The highest BCUT2D eigenvalue weighted by atomic mass is 32.2. The van der Waals surface area contributed by atoms with Crippen LogP contribution >= 0.6 is 11.3 Å². The molecule has 4 heterocycles. The molecule has 2 aromatic heterocycles. The molecule has 0 spiro atoms. The smallest absolute Gasteiger partial charge is 0.257 e. The van der Waals surface area contributed by atoms with Gasteiger partial charge in [-0.05, 0) is 50.1 Å². The van der Waals surface area contributed by atoms with Crippen molar-refractivity contribution in [1.29, 1.82) is 0 Å². The summed E-state index contributed by atoms with van der Waals surface area (Å²) in [5, 5.41) is 8.78. The molecule has 10 nitrogen and oxygen atoms in total. The second kappa shape index (κ2) is 8.77. The van der Waals surface area contributed by atoms with Crippen LogP contribution in [0.2, 0.25) is 0 Å². The average molecular weight is 515 g/mol. The standard InChI is InChI=1S/C23H26N6O4S2/c1-14(2)26-35(32,33)21-11-16(13-34-21)22(30)24-19-12-20-28(8-9-29(20)25-19)17-4-5-18-15(10-17)6-7-27(3)23(18)31/h4-5,10-14,26H,6-9H2,1-3H3,(H,24,25,30). The molecule has 0 unspecified atom stereocenters. The lowest BCUT2D eigenvalue weighted by Crippen LogP contribution is -2.34. The van der Waals surface area contributed by atoms with Crippen LogP contribution in [0.15, 0.2) is 39.9 Å². The first kappa shape index (κ1) is 23.5. The molecule has 2 aliphatic heterocycles. The number of fused-ring (bicyclic) bond motifs is 2. The van der Waals surface area contributed by atoms with E-state index in [1.165, 1.54) is 11.4 Å². The minimum atomic E-state index is -3.66. The van der Waals surface area contributed by atoms with Gasteiger partial charge in [0.05, 0.1) is 12.1 Å². The highest BCUT2D eigenvalue weighted by Gasteiger charge is 2.27. The number of hydrogen-bond acceptors (Lipinski definition) is 7. The van der Waals surface area contributed by atoms with Crippen molar-refractivity contribution in [1.82, 2.24) is 19.4 Å². The Kier molecular flexibility index (Phi) is 5.90. The fourth-order valence-electron chi connectivity index (χ4n) is 4.31. The number of carbonyl (C=O) groups excluding carboxylic acids is 2. The largest absolute Gasteiger partial charge is 0.341 e. The van der Waals surface area contributed by atoms with E-state index in [1.807, 2.05) is 23.9 Å². The molecular formula is C23H26N6O4S2. The summed E-state index contributed by atoms with van der Waals surface area (Å²) in [6, 6.07) is 8.79. The average Bonchev–Trinajstić information content (AvgIpc) is 3.51. The van der Waals surface area contributed by atoms with Crippen LogP contribution in [0.4, 0.5) is 17.3 Å². The lowest BCUT2D eigenvalue weighted by molar-refractivity contribution is 0.0780. The number of benzene rings is 1. The van der Waals surface area contributed by atoms with Crippen LogP contribution in [0.25, 0.3) is 0 Å². The molecule has 0 radical (unpaired) electrons. The molecule has 0 aliphatic carbocycles. The summed E-state index contributed by atoms with van der Waals surface area (Å²) in [5.41, 5.74) is 3.01. The summed E-state index contributed by atoms with van der Waals surface area (Å²) in [6.07, 6.45) is 0.810. The predicted molar refractivity (Wildman–Crippen MR) is 134 cm³/mol. The van der Waals surface area contributed by atoms with E-state index in [1.54, 1.807) is 24.8 Å². The minimum absolute atomic E-state index is 0.0404. The summed E-state index contributed by atoms with van der Waals surface area (Å²) in [6.45, 7) is 5.57. The first-order chi connectivity index (χ1) is 16.6. The van der Waals surface area contributed by atoms with Crippen molar-refractivity contribution >= 4 is 50.5 Å². The van der Waals surface area contributed by atoms with E-state index < -0.39 is 15.9 Å². The molecule has 3 aromatic rings. The topological polar surface area (TPSA) is 117 Å². The van der Waals surface area contributed by atoms with Crippen molar-refractivity contribution in [2.75, 3.05) is 30.4 Å². The monoisotopic (exact) mass is 514 g/mol. The van der Waals surface area contributed by atoms with Gasteiger partial charge in [0.2, 0.25) is 10.0 Å². The van der Waals surface area contributed by atoms with Crippen LogP contribution in [0.1, 0.15) is 40.1 Å². The van der Waals surface area contributed by atoms with Gasteiger partial charge in [0.25, 0.3) is 11.8 Å². The fraction of sp³-hybridized carbons (Fsp3) is 0.348. The number of nitrogens with one attached hydrogen (secondary N) is 2. The van der Waals surface area contributed by atoms with Crippen LogP contribution < -0.4 is 14.9 Å². The summed E-state index contributed by atoms with van der Waals surface area (Å²) >= 11 is 0.998. The van der Waals surface area contributed by atoms with Crippen molar-refractivity contribution in [3.05, 3.63) is 52.4 Å². The van der Waals surface area contributed by atoms with Crippen molar-refractivity contribution in [2.45, 2.75) is 37.1 Å². The predicted octanol–water partition coefficient (Wildman–Crippen LogP) is 2.66. The summed E-state index contributed by atoms with van der Waals surface area (Å²) in [5.74, 6) is 0.847. The van der Waals surface area contributed by atoms with Gasteiger partial charge in [-0.3, -0.25) is 9.59 Å². The SMILES string of the molecule is CC(C)NS(=O)(=O)c1cc(C(=O)Nc2cc3n(n2)CCN3c2ccc3c(c2)CCN(C)C3=O)cs1. The Balaban J connectivity index is 1.33. The number of carbonyl (C=O) groups is 2. The molecule has 0 fully saturated rings. The van der Waals surface area contributed by atoms with Crippen LogP contribution in [0, 0.1) is 0 Å². The number of aromatic nitrogens is 2. The highest BCUT2D eigenvalue weighted by molar-refractivity contribution is 7.91. The van der Waals surface area contributed by atoms with E-state index >= 15 is 0 Å². The first-order valence-electron chi connectivity index (χ1n) is 11.3. The molecule has 1 aromatic carbocycles. The van der Waals surface area contributed by atoms with E-state index in [9.17, 15) is 18.0 Å². The van der Waals surface area contributed by atoms with Gasteiger partial charge in [-0.15, -0.1) is 11.3 Å². The quantitative estimate of drug-likeness (QED) is 0.522. The maximum Gasteiger partial charge on any atom is 0.257 e. The van der Waals surface area contributed by atoms with Gasteiger partial charge in [-0.2, -0.15) is 5.10 Å². The van der Waals surface area contributed by atoms with Gasteiger partial charge in [0.15, 0.2) is 5.82 Å². The number of sulfonamides is 1. The van der Waals surface area contributed by atoms with E-state index in [0.29, 0.717) is 18.9 Å². The van der Waals surface area contributed by atoms with Crippen molar-refractivity contribution < 1.29 is 18.0 Å². The summed E-state index contributed by atoms with van der Waals surface area (Å²) < 4.78 is 29.1. The molecule has 2 N–H and O–H groups in total. The Morgan fingerprint density at radius 1 is 1.14 bits per heavy atom. The molecule has 184 valence electrons. The van der Waals surface area contributed by atoms with Gasteiger partial charge >= 0.3 is 0 Å². The van der Waals surface area contributed by atoms with Crippen LogP contribution in [-0.2, 0) is 23.0 Å². The fourth-order valence-corrected chi connectivity index (χ4v) is 6.74. The zero-order valence-electron chi connectivity index (χ0n) is 19.6. The second-order valence-corrected chi connectivity index (χ2v) is 11.8. The van der Waals surface area contributed by atoms with Gasteiger partial charge < -0.3 is 15.1 Å². The van der Waals surface area contributed by atoms with Gasteiger partial charge in [0, 0.05) is 48.9 Å². The molecule has 35 heavy (non-hydrogen) atoms. The zero-order valence-corrected chi connectivity index (χ0v) is 21.2. The number of amides is 2. The molecule has 12 heteroatoms. The third-order valence-corrected chi connectivity index (χ3v) is 9.10. The molecule has 2 amide bonds. The number of thiophene rings is 1. The number of nitrogens with zero attached hydrogens (tertiary/aromatic N) is 4. The van der Waals surface area contributed by atoms with E-state index in [0.717, 1.165) is 46.9 Å². The van der Waals surface area contributed by atoms with E-state index in [-0.39, 0.29) is 21.7 Å². The summed E-state index contributed by atoms with van der Waals surface area (Å²) in [4.78, 5) is 29.0. The number of anilines is 3. The number of hydrogen-bond donors (Lipinski definition) is 2. The maximum absolute atomic E-state index is 12.8. The van der Waals surface area contributed by atoms with Crippen LogP contribution in [0.5, 0.6) is 0 Å². The van der Waals surface area contributed by atoms with Crippen molar-refractivity contribution in [3.63, 3.8) is 0 Å². The van der Waals surface area contributed by atoms with Gasteiger partial charge in [-0.1, -0.05) is 0 Å². The Morgan fingerprint density at radius 2 is 1.94 bits per heavy atom. The summed E-state index contributed by atoms with van der Waals surface area (Å²) in [7, 11) is -1.84. The molecule has 2 aliphatic rings. The molecule has 0 bridgehead atoms. The Bertz CT molecular complexity index is 1430. The first-order valence-corrected chi connectivity index (χ1v) is 13.6. The molecule has 0 saturated carbocycles. The van der Waals surface area contributed by atoms with Crippen LogP contribution in [0.3, 0.4) is 0 Å². The zero-order chi connectivity index (χ0) is 24.9. The third kappa shape index (κ3) is 4.44. The highest BCUT2D eigenvalue weighted by Crippen LogP contribution is 2.34. The second-order valence-electron chi connectivity index (χ2n) is 8.97. The van der Waals surface area contributed by atoms with Crippen molar-refractivity contribution in [2.24, 2.45) is 0 Å². The Labute approximate surface area is 207 Å². The molecule has 5 rings (SSSR count). The Morgan fingerprint density at radius 3 is 2.71 bits per heavy atom. The number of likely N-dealkylation sites (N-methyl/N-ethyl adjacent to an activating group) is 1. The normalized spacial score (nSPS) is 15.5. The van der Waals surface area contributed by atoms with E-state index in [4.69, 9.17) is 0 Å². The molecule has 0 saturated heterocycles.